The highest BCUT2D eigenvalue weighted by molar-refractivity contribution is 9.10. The number of benzene rings is 2. The third-order valence-corrected chi connectivity index (χ3v) is 5.62. The van der Waals surface area contributed by atoms with Gasteiger partial charge in [-0.3, -0.25) is 0 Å². The van der Waals surface area contributed by atoms with Crippen LogP contribution in [0.5, 0.6) is 5.75 Å². The van der Waals surface area contributed by atoms with Gasteiger partial charge < -0.3 is 10.4 Å². The molecule has 112 valence electrons. The van der Waals surface area contributed by atoms with E-state index < -0.39 is 0 Å². The monoisotopic (exact) mass is 375 g/mol. The molecule has 2 nitrogen and oxygen atoms in total. The average molecular weight is 377 g/mol. The van der Waals surface area contributed by atoms with Crippen LogP contribution in [0.2, 0.25) is 5.02 Å². The van der Waals surface area contributed by atoms with Crippen LogP contribution in [0.3, 0.4) is 0 Å². The first-order valence-electron chi connectivity index (χ1n) is 7.35. The zero-order valence-electron chi connectivity index (χ0n) is 11.8. The van der Waals surface area contributed by atoms with Gasteiger partial charge in [-0.05, 0) is 42.2 Å². The molecule has 2 N–H and O–H groups in total. The van der Waals surface area contributed by atoms with Crippen molar-refractivity contribution in [1.82, 2.24) is 0 Å². The smallest absolute Gasteiger partial charge is 0.139 e. The summed E-state index contributed by atoms with van der Waals surface area (Å²) < 4.78 is 1.05. The van der Waals surface area contributed by atoms with E-state index in [0.717, 1.165) is 27.2 Å². The molecule has 0 radical (unpaired) electrons. The Morgan fingerprint density at radius 3 is 2.68 bits per heavy atom. The van der Waals surface area contributed by atoms with Crippen LogP contribution >= 0.6 is 27.5 Å². The topological polar surface area (TPSA) is 32.3 Å². The summed E-state index contributed by atoms with van der Waals surface area (Å²) in [6, 6.07) is 11.8. The molecule has 1 heterocycles. The molecule has 0 saturated carbocycles. The largest absolute Gasteiger partial charge is 0.506 e. The summed E-state index contributed by atoms with van der Waals surface area (Å²) in [5.41, 5.74) is 3.19. The first-order valence-corrected chi connectivity index (χ1v) is 8.52. The van der Waals surface area contributed by atoms with Gasteiger partial charge in [0.2, 0.25) is 0 Å². The van der Waals surface area contributed by atoms with E-state index in [2.05, 4.69) is 45.5 Å². The van der Waals surface area contributed by atoms with E-state index in [1.54, 1.807) is 6.07 Å². The molecule has 2 aromatic carbocycles. The van der Waals surface area contributed by atoms with Crippen molar-refractivity contribution >= 4 is 33.2 Å². The molecule has 0 spiro atoms. The van der Waals surface area contributed by atoms with Crippen LogP contribution in [0.25, 0.3) is 0 Å². The maximum atomic E-state index is 10.3. The number of nitrogens with one attached hydrogen (secondary N) is 1. The van der Waals surface area contributed by atoms with Crippen LogP contribution in [0.4, 0.5) is 5.69 Å². The molecule has 2 aromatic rings. The maximum Gasteiger partial charge on any atom is 0.139 e. The highest BCUT2D eigenvalue weighted by Gasteiger charge is 2.39. The summed E-state index contributed by atoms with van der Waals surface area (Å²) in [6.45, 7) is 0. The molecule has 1 aliphatic carbocycles. The number of anilines is 1. The van der Waals surface area contributed by atoms with E-state index in [9.17, 15) is 5.11 Å². The molecule has 4 heteroatoms. The minimum Gasteiger partial charge on any atom is -0.506 e. The first kappa shape index (κ1) is 14.2. The Balaban J connectivity index is 1.84. The van der Waals surface area contributed by atoms with Gasteiger partial charge >= 0.3 is 0 Å². The Kier molecular flexibility index (Phi) is 3.43. The van der Waals surface area contributed by atoms with E-state index in [0.29, 0.717) is 17.6 Å². The van der Waals surface area contributed by atoms with Gasteiger partial charge in [-0.25, -0.2) is 0 Å². The Hall–Kier alpha value is -1.45. The van der Waals surface area contributed by atoms with Crippen molar-refractivity contribution in [2.75, 3.05) is 5.32 Å². The molecular formula is C18H15BrClNO. The average Bonchev–Trinajstić information content (AvgIpc) is 3.00. The Bertz CT molecular complexity index is 756. The van der Waals surface area contributed by atoms with E-state index in [1.807, 2.05) is 18.2 Å². The van der Waals surface area contributed by atoms with Gasteiger partial charge in [0.1, 0.15) is 5.75 Å². The highest BCUT2D eigenvalue weighted by atomic mass is 79.9. The summed E-state index contributed by atoms with van der Waals surface area (Å²) in [5, 5.41) is 14.6. The molecule has 22 heavy (non-hydrogen) atoms. The lowest BCUT2D eigenvalue weighted by molar-refractivity contribution is 0.414. The van der Waals surface area contributed by atoms with E-state index >= 15 is 0 Å². The Morgan fingerprint density at radius 1 is 1.14 bits per heavy atom. The molecule has 0 unspecified atom stereocenters. The Labute approximate surface area is 142 Å². The van der Waals surface area contributed by atoms with Crippen LogP contribution < -0.4 is 5.32 Å². The molecular weight excluding hydrogens is 362 g/mol. The first-order chi connectivity index (χ1) is 10.6. The van der Waals surface area contributed by atoms with E-state index in [-0.39, 0.29) is 6.04 Å². The van der Waals surface area contributed by atoms with Crippen molar-refractivity contribution in [3.05, 3.63) is 69.2 Å². The summed E-state index contributed by atoms with van der Waals surface area (Å²) >= 11 is 9.65. The zero-order chi connectivity index (χ0) is 15.3. The lowest BCUT2D eigenvalue weighted by atomic mass is 9.77. The molecule has 2 aliphatic rings. The molecule has 0 saturated heterocycles. The quantitative estimate of drug-likeness (QED) is 0.499. The fraction of sp³-hybridized carbons (Fsp3) is 0.222. The molecule has 0 fully saturated rings. The number of aromatic hydroxyl groups is 1. The standard InChI is InChI=1S/C18H15BrClNO/c19-14-8-9-15(22)18-16(14)12-2-1-3-13(12)17(21-18)10-4-6-11(20)7-5-10/h1-2,4-9,12-13,17,21-22H,3H2/t12-,13-,17-/m1/s1. The summed E-state index contributed by atoms with van der Waals surface area (Å²) in [5.74, 6) is 1.07. The Morgan fingerprint density at radius 2 is 1.91 bits per heavy atom. The highest BCUT2D eigenvalue weighted by Crippen LogP contribution is 2.54. The van der Waals surface area contributed by atoms with E-state index in [4.69, 9.17) is 11.6 Å². The SMILES string of the molecule is Oc1ccc(Br)c2c1N[C@H](c1ccc(Cl)cc1)[C@@H]1CC=C[C@@H]21. The molecule has 3 atom stereocenters. The number of hydrogen-bond donors (Lipinski definition) is 2. The minimum absolute atomic E-state index is 0.171. The summed E-state index contributed by atoms with van der Waals surface area (Å²) in [7, 11) is 0. The molecule has 0 bridgehead atoms. The lowest BCUT2D eigenvalue weighted by Crippen LogP contribution is -2.29. The van der Waals surface area contributed by atoms with Crippen LogP contribution in [0.15, 0.2) is 53.0 Å². The van der Waals surface area contributed by atoms with Gasteiger partial charge in [0.05, 0.1) is 11.7 Å². The van der Waals surface area contributed by atoms with E-state index in [1.165, 1.54) is 5.56 Å². The number of phenolic OH excluding ortho intramolecular Hbond substituents is 1. The molecule has 0 aromatic heterocycles. The number of rotatable bonds is 1. The number of hydrogen-bond acceptors (Lipinski definition) is 2. The normalized spacial score (nSPS) is 25.5. The van der Waals surface area contributed by atoms with Crippen LogP contribution in [0.1, 0.15) is 29.5 Å². The van der Waals surface area contributed by atoms with Gasteiger partial charge in [0, 0.05) is 21.0 Å². The third-order valence-electron chi connectivity index (χ3n) is 4.67. The van der Waals surface area contributed by atoms with Crippen LogP contribution in [-0.2, 0) is 0 Å². The van der Waals surface area contributed by atoms with Crippen molar-refractivity contribution in [3.63, 3.8) is 0 Å². The maximum absolute atomic E-state index is 10.3. The van der Waals surface area contributed by atoms with Crippen molar-refractivity contribution in [2.45, 2.75) is 18.4 Å². The van der Waals surface area contributed by atoms with Gasteiger partial charge in [-0.1, -0.05) is 51.8 Å². The number of phenols is 1. The lowest BCUT2D eigenvalue weighted by Gasteiger charge is -2.38. The van der Waals surface area contributed by atoms with Crippen LogP contribution in [-0.4, -0.2) is 5.11 Å². The fourth-order valence-corrected chi connectivity index (χ4v) is 4.37. The molecule has 4 rings (SSSR count). The van der Waals surface area contributed by atoms with Crippen molar-refractivity contribution in [2.24, 2.45) is 5.92 Å². The number of allylic oxidation sites excluding steroid dienone is 2. The van der Waals surface area contributed by atoms with Crippen molar-refractivity contribution < 1.29 is 5.11 Å². The molecule has 0 amide bonds. The summed E-state index contributed by atoms with van der Waals surface area (Å²) in [6.07, 6.45) is 5.54. The van der Waals surface area contributed by atoms with Crippen molar-refractivity contribution in [3.8, 4) is 5.75 Å². The van der Waals surface area contributed by atoms with Gasteiger partial charge in [0.25, 0.3) is 0 Å². The second-order valence-corrected chi connectivity index (χ2v) is 7.17. The predicted octanol–water partition coefficient (Wildman–Crippen LogP) is 5.63. The fourth-order valence-electron chi connectivity index (χ4n) is 3.65. The third kappa shape index (κ3) is 2.15. The van der Waals surface area contributed by atoms with Crippen molar-refractivity contribution in [1.29, 1.82) is 0 Å². The number of halogens is 2. The molecule has 1 aliphatic heterocycles. The second kappa shape index (κ2) is 5.32. The van der Waals surface area contributed by atoms with Gasteiger partial charge in [-0.15, -0.1) is 0 Å². The number of fused-ring (bicyclic) bond motifs is 3. The van der Waals surface area contributed by atoms with Gasteiger partial charge in [-0.2, -0.15) is 0 Å². The van der Waals surface area contributed by atoms with Crippen LogP contribution in [0, 0.1) is 5.92 Å². The predicted molar refractivity (Wildman–Crippen MR) is 93.6 cm³/mol. The van der Waals surface area contributed by atoms with Gasteiger partial charge in [0.15, 0.2) is 0 Å². The zero-order valence-corrected chi connectivity index (χ0v) is 14.1. The summed E-state index contributed by atoms with van der Waals surface area (Å²) in [4.78, 5) is 0. The minimum atomic E-state index is 0.171. The second-order valence-electron chi connectivity index (χ2n) is 5.88.